The van der Waals surface area contributed by atoms with E-state index in [9.17, 15) is 19.5 Å². The Bertz CT molecular complexity index is 1620. The summed E-state index contributed by atoms with van der Waals surface area (Å²) in [6.07, 6.45) is 4.05. The van der Waals surface area contributed by atoms with E-state index in [4.69, 9.17) is 9.47 Å². The van der Waals surface area contributed by atoms with Gasteiger partial charge in [-0.05, 0) is 62.6 Å². The van der Waals surface area contributed by atoms with Gasteiger partial charge in [0, 0.05) is 31.9 Å². The van der Waals surface area contributed by atoms with Crippen LogP contribution in [0.1, 0.15) is 26.2 Å². The second kappa shape index (κ2) is 13.1. The van der Waals surface area contributed by atoms with Gasteiger partial charge in [-0.3, -0.25) is 14.4 Å². The lowest BCUT2D eigenvalue weighted by atomic mass is 9.70. The summed E-state index contributed by atoms with van der Waals surface area (Å²) < 4.78 is 13.9. The fourth-order valence-electron chi connectivity index (χ4n) is 7.45. The highest BCUT2D eigenvalue weighted by Crippen LogP contribution is 2.59. The maximum atomic E-state index is 14.6. The summed E-state index contributed by atoms with van der Waals surface area (Å²) >= 11 is 0. The number of benzene rings is 2. The quantitative estimate of drug-likeness (QED) is 0.270. The van der Waals surface area contributed by atoms with E-state index in [1.54, 1.807) is 38.8 Å². The third kappa shape index (κ3) is 5.25. The van der Waals surface area contributed by atoms with E-state index in [1.807, 2.05) is 43.3 Å². The molecule has 5 atom stereocenters. The summed E-state index contributed by atoms with van der Waals surface area (Å²) in [4.78, 5) is 48.1. The Hall–Kier alpha value is -4.55. The predicted molar refractivity (Wildman–Crippen MR) is 171 cm³/mol. The van der Waals surface area contributed by atoms with Gasteiger partial charge in [-0.2, -0.15) is 0 Å². The number of carbonyl (C=O) groups is 3. The summed E-state index contributed by atoms with van der Waals surface area (Å²) in [6.45, 7) is 10.7. The summed E-state index contributed by atoms with van der Waals surface area (Å²) in [7, 11) is 0. The Labute approximate surface area is 267 Å². The molecule has 12 nitrogen and oxygen atoms in total. The molecular weight excluding hydrogens is 588 g/mol. The topological polar surface area (TPSA) is 130 Å². The molecule has 3 aromatic rings. The van der Waals surface area contributed by atoms with Crippen molar-refractivity contribution in [3.05, 3.63) is 73.8 Å². The van der Waals surface area contributed by atoms with Crippen LogP contribution in [0.15, 0.2) is 73.8 Å². The number of amides is 3. The molecule has 3 aliphatic rings. The summed E-state index contributed by atoms with van der Waals surface area (Å²) in [5, 5.41) is 18.2. The number of rotatable bonds is 14. The van der Waals surface area contributed by atoms with Gasteiger partial charge < -0.3 is 29.3 Å². The van der Waals surface area contributed by atoms with E-state index >= 15 is 0 Å². The Morgan fingerprint density at radius 1 is 1.13 bits per heavy atom. The summed E-state index contributed by atoms with van der Waals surface area (Å²) in [5.74, 6) is -1.82. The molecule has 46 heavy (non-hydrogen) atoms. The van der Waals surface area contributed by atoms with Crippen LogP contribution in [0.2, 0.25) is 0 Å². The van der Waals surface area contributed by atoms with Gasteiger partial charge in [-0.15, -0.1) is 18.3 Å². The first-order valence-electron chi connectivity index (χ1n) is 15.8. The number of fused-ring (bicyclic) bond motifs is 2. The zero-order valence-electron chi connectivity index (χ0n) is 26.0. The zero-order chi connectivity index (χ0) is 32.4. The van der Waals surface area contributed by atoms with Gasteiger partial charge in [-0.1, -0.05) is 29.5 Å². The Balaban J connectivity index is 1.34. The molecule has 0 saturated carbocycles. The minimum Gasteiger partial charge on any atom is -0.494 e. The SMILES string of the molecule is C=CCN(Cn1nnc2ccccc21)C(=O)C1N(CCCO)C(=O)[C@@H]2[C@H](C(=O)N(CC=C)c3ccc(OCC)cc3)[C@@H]3CCC12O3. The highest BCUT2D eigenvalue weighted by Gasteiger charge is 2.74. The molecule has 1 aromatic heterocycles. The fraction of sp³-hybridized carbons (Fsp3) is 0.441. The van der Waals surface area contributed by atoms with Crippen LogP contribution in [0.4, 0.5) is 5.69 Å². The molecule has 12 heteroatoms. The second-order valence-electron chi connectivity index (χ2n) is 11.9. The minimum absolute atomic E-state index is 0.0846. The molecule has 3 saturated heterocycles. The number of aliphatic hydroxyl groups is 1. The lowest BCUT2D eigenvalue weighted by Crippen LogP contribution is -2.56. The molecule has 4 heterocycles. The lowest BCUT2D eigenvalue weighted by Gasteiger charge is -2.36. The Morgan fingerprint density at radius 3 is 2.61 bits per heavy atom. The van der Waals surface area contributed by atoms with Gasteiger partial charge >= 0.3 is 0 Å². The molecule has 2 unspecified atom stereocenters. The van der Waals surface area contributed by atoms with Crippen molar-refractivity contribution in [2.75, 3.05) is 37.7 Å². The molecule has 1 spiro atoms. The van der Waals surface area contributed by atoms with Crippen molar-refractivity contribution in [3.8, 4) is 5.75 Å². The number of aliphatic hydroxyl groups excluding tert-OH is 1. The molecule has 3 aliphatic heterocycles. The van der Waals surface area contributed by atoms with Gasteiger partial charge in [0.05, 0.1) is 30.1 Å². The Morgan fingerprint density at radius 2 is 1.89 bits per heavy atom. The maximum Gasteiger partial charge on any atom is 0.250 e. The van der Waals surface area contributed by atoms with E-state index < -0.39 is 29.6 Å². The molecule has 3 fully saturated rings. The van der Waals surface area contributed by atoms with Crippen LogP contribution in [0.5, 0.6) is 5.75 Å². The smallest absolute Gasteiger partial charge is 0.250 e. The molecular formula is C34H40N6O6. The standard InChI is InChI=1S/C34H40N6O6/c1-4-18-37(22-40-26-11-8-7-10-25(26)35-36-40)33(44)30-34-17-16-27(46-34)28(29(34)32(43)39(30)20-9-21-41)31(42)38(19-5-2)23-12-14-24(15-13-23)45-6-3/h4-5,7-8,10-15,27-30,41H,1-2,6,9,16-22H2,3H3/t27-,28+,29-,30?,34?/m0/s1. The molecule has 0 aliphatic carbocycles. The molecule has 0 radical (unpaired) electrons. The van der Waals surface area contributed by atoms with Gasteiger partial charge in [0.1, 0.15) is 29.6 Å². The van der Waals surface area contributed by atoms with Crippen LogP contribution in [0.25, 0.3) is 11.0 Å². The number of hydrogen-bond donors (Lipinski definition) is 1. The first-order valence-corrected chi connectivity index (χ1v) is 15.8. The Kier molecular flexibility index (Phi) is 8.92. The highest BCUT2D eigenvalue weighted by atomic mass is 16.5. The number of anilines is 1. The number of aromatic nitrogens is 3. The molecule has 2 bridgehead atoms. The average Bonchev–Trinajstić information content (AvgIpc) is 3.82. The third-order valence-corrected chi connectivity index (χ3v) is 9.30. The summed E-state index contributed by atoms with van der Waals surface area (Å²) in [5.41, 5.74) is 0.929. The van der Waals surface area contributed by atoms with Crippen LogP contribution in [-0.4, -0.2) is 98.2 Å². The number of nitrogens with zero attached hydrogens (tertiary/aromatic N) is 6. The van der Waals surface area contributed by atoms with Crippen LogP contribution < -0.4 is 9.64 Å². The number of likely N-dealkylation sites (tertiary alicyclic amines) is 1. The normalized spacial score (nSPS) is 24.7. The van der Waals surface area contributed by atoms with Crippen molar-refractivity contribution in [2.45, 2.75) is 50.6 Å². The molecule has 6 rings (SSSR count). The number of ether oxygens (including phenoxy) is 2. The van der Waals surface area contributed by atoms with Crippen molar-refractivity contribution in [1.29, 1.82) is 0 Å². The van der Waals surface area contributed by atoms with E-state index in [0.29, 0.717) is 36.4 Å². The maximum absolute atomic E-state index is 14.6. The third-order valence-electron chi connectivity index (χ3n) is 9.30. The minimum atomic E-state index is -1.18. The highest BCUT2D eigenvalue weighted by molar-refractivity contribution is 6.03. The monoisotopic (exact) mass is 628 g/mol. The molecule has 3 amide bonds. The van der Waals surface area contributed by atoms with E-state index in [2.05, 4.69) is 23.5 Å². The first-order chi connectivity index (χ1) is 22.4. The van der Waals surface area contributed by atoms with Crippen molar-refractivity contribution in [1.82, 2.24) is 24.8 Å². The van der Waals surface area contributed by atoms with Crippen molar-refractivity contribution >= 4 is 34.4 Å². The lowest BCUT2D eigenvalue weighted by molar-refractivity contribution is -0.149. The zero-order valence-corrected chi connectivity index (χ0v) is 26.0. The van der Waals surface area contributed by atoms with Gasteiger partial charge in [0.25, 0.3) is 0 Å². The van der Waals surface area contributed by atoms with Crippen LogP contribution in [0, 0.1) is 11.8 Å². The van der Waals surface area contributed by atoms with Crippen LogP contribution >= 0.6 is 0 Å². The second-order valence-corrected chi connectivity index (χ2v) is 11.9. The van der Waals surface area contributed by atoms with Gasteiger partial charge in [-0.25, -0.2) is 4.68 Å². The molecule has 1 N–H and O–H groups in total. The summed E-state index contributed by atoms with van der Waals surface area (Å²) in [6, 6.07) is 13.7. The first kappa shape index (κ1) is 31.4. The van der Waals surface area contributed by atoms with Crippen LogP contribution in [0.3, 0.4) is 0 Å². The van der Waals surface area contributed by atoms with Crippen LogP contribution in [-0.2, 0) is 25.8 Å². The largest absolute Gasteiger partial charge is 0.494 e. The fourth-order valence-corrected chi connectivity index (χ4v) is 7.45. The van der Waals surface area contributed by atoms with E-state index in [0.717, 1.165) is 5.52 Å². The van der Waals surface area contributed by atoms with Gasteiger partial charge in [0.2, 0.25) is 17.7 Å². The van der Waals surface area contributed by atoms with Gasteiger partial charge in [0.15, 0.2) is 0 Å². The molecule has 2 aromatic carbocycles. The molecule has 242 valence electrons. The number of para-hydroxylation sites is 1. The average molecular weight is 629 g/mol. The van der Waals surface area contributed by atoms with Crippen molar-refractivity contribution in [2.24, 2.45) is 11.8 Å². The predicted octanol–water partition coefficient (Wildman–Crippen LogP) is 2.78. The van der Waals surface area contributed by atoms with E-state index in [1.165, 1.54) is 4.90 Å². The van der Waals surface area contributed by atoms with E-state index in [-0.39, 0.29) is 57.1 Å². The number of carbonyl (C=O) groups excluding carboxylic acids is 3. The van der Waals surface area contributed by atoms with Crippen molar-refractivity contribution in [3.63, 3.8) is 0 Å². The number of hydrogen-bond acceptors (Lipinski definition) is 8. The van der Waals surface area contributed by atoms with Crippen molar-refractivity contribution < 1.29 is 29.0 Å².